The fourth-order valence-electron chi connectivity index (χ4n) is 5.86. The number of aliphatic carboxylic acids is 1. The Morgan fingerprint density at radius 1 is 1.18 bits per heavy atom. The van der Waals surface area contributed by atoms with Gasteiger partial charge in [-0.3, -0.25) is 24.6 Å². The summed E-state index contributed by atoms with van der Waals surface area (Å²) in [4.78, 5) is 52.8. The van der Waals surface area contributed by atoms with Crippen molar-refractivity contribution in [1.29, 1.82) is 5.41 Å². The van der Waals surface area contributed by atoms with Gasteiger partial charge < -0.3 is 36.3 Å². The third-order valence-electron chi connectivity index (χ3n) is 7.96. The van der Waals surface area contributed by atoms with Crippen LogP contribution in [0.15, 0.2) is 24.3 Å². The number of nitrogens with two attached hydrogens (primary N) is 2. The highest BCUT2D eigenvalue weighted by Crippen LogP contribution is 2.26. The minimum absolute atomic E-state index is 0.0377. The van der Waals surface area contributed by atoms with Gasteiger partial charge in [0.1, 0.15) is 17.9 Å². The van der Waals surface area contributed by atoms with E-state index in [1.165, 1.54) is 10.6 Å². The molecule has 1 aromatic carbocycles. The molecule has 12 nitrogen and oxygen atoms in total. The van der Waals surface area contributed by atoms with Gasteiger partial charge in [-0.1, -0.05) is 12.1 Å². The van der Waals surface area contributed by atoms with E-state index in [1.807, 2.05) is 23.1 Å². The Morgan fingerprint density at radius 3 is 2.62 bits per heavy atom. The molecule has 2 saturated heterocycles. The number of carboxylic acid groups (broad SMARTS) is 1. The number of hydrogen-bond acceptors (Lipinski definition) is 6. The molecule has 0 spiro atoms. The molecule has 1 aromatic heterocycles. The lowest BCUT2D eigenvalue weighted by Gasteiger charge is -2.34. The summed E-state index contributed by atoms with van der Waals surface area (Å²) in [6.45, 7) is 3.91. The Labute approximate surface area is 233 Å². The molecule has 2 aliphatic rings. The van der Waals surface area contributed by atoms with Gasteiger partial charge in [0.25, 0.3) is 0 Å². The SMILES string of the molecule is CCn1c(CC[C@@H]2CCCN2C(=O)CN2CCC[C@H](NC(=O)C[C@H](N)C(=O)O)C2=O)cc2ccc(C(=N)N)cc21. The van der Waals surface area contributed by atoms with Crippen molar-refractivity contribution in [2.45, 2.75) is 76.5 Å². The number of aromatic nitrogens is 1. The van der Waals surface area contributed by atoms with E-state index in [9.17, 15) is 19.2 Å². The molecule has 7 N–H and O–H groups in total. The quantitative estimate of drug-likeness (QED) is 0.201. The van der Waals surface area contributed by atoms with E-state index in [1.54, 1.807) is 0 Å². The van der Waals surface area contributed by atoms with Crippen LogP contribution in [0.5, 0.6) is 0 Å². The predicted molar refractivity (Wildman–Crippen MR) is 150 cm³/mol. The summed E-state index contributed by atoms with van der Waals surface area (Å²) in [7, 11) is 0. The zero-order valence-corrected chi connectivity index (χ0v) is 22.9. The highest BCUT2D eigenvalue weighted by atomic mass is 16.4. The van der Waals surface area contributed by atoms with Crippen LogP contribution < -0.4 is 16.8 Å². The number of carbonyl (C=O) groups excluding carboxylic acids is 3. The van der Waals surface area contributed by atoms with Crippen molar-refractivity contribution >= 4 is 40.4 Å². The van der Waals surface area contributed by atoms with E-state index >= 15 is 0 Å². The maximum atomic E-state index is 13.3. The van der Waals surface area contributed by atoms with E-state index in [2.05, 4.69) is 22.9 Å². The van der Waals surface area contributed by atoms with Gasteiger partial charge in [-0.15, -0.1) is 0 Å². The van der Waals surface area contributed by atoms with E-state index in [0.29, 0.717) is 31.5 Å². The van der Waals surface area contributed by atoms with Gasteiger partial charge >= 0.3 is 5.97 Å². The average molecular weight is 554 g/mol. The number of piperidine rings is 1. The molecular formula is C28H39N7O5. The van der Waals surface area contributed by atoms with Crippen LogP contribution in [0.2, 0.25) is 0 Å². The minimum atomic E-state index is -1.33. The summed E-state index contributed by atoms with van der Waals surface area (Å²) in [5, 5.41) is 20.3. The standard InChI is InChI=1S/C28H39N7O5/c1-2-34-20(13-17-7-8-18(26(30)31)14-23(17)34)10-9-19-5-3-12-35(19)25(37)16-33-11-4-6-22(27(33)38)32-24(36)15-21(29)28(39)40/h7-8,13-14,19,21-22H,2-6,9-12,15-16,29H2,1H3,(H3,30,31)(H,32,36)(H,39,40)/t19-,21-,22-/m0/s1. The normalized spacial score (nSPS) is 20.1. The van der Waals surface area contributed by atoms with Crippen molar-refractivity contribution < 1.29 is 24.3 Å². The summed E-state index contributed by atoms with van der Waals surface area (Å²) in [5.74, 6) is -2.27. The average Bonchev–Trinajstić information content (AvgIpc) is 3.53. The number of carboxylic acids is 1. The maximum Gasteiger partial charge on any atom is 0.321 e. The smallest absolute Gasteiger partial charge is 0.321 e. The number of nitrogens with zero attached hydrogens (tertiary/aromatic N) is 3. The van der Waals surface area contributed by atoms with E-state index in [0.717, 1.165) is 43.1 Å². The lowest BCUT2D eigenvalue weighted by molar-refractivity contribution is -0.145. The van der Waals surface area contributed by atoms with E-state index in [-0.39, 0.29) is 30.2 Å². The van der Waals surface area contributed by atoms with Gasteiger partial charge in [-0.05, 0) is 63.0 Å². The van der Waals surface area contributed by atoms with Gasteiger partial charge in [-0.25, -0.2) is 0 Å². The summed E-state index contributed by atoms with van der Waals surface area (Å²) < 4.78 is 2.23. The van der Waals surface area contributed by atoms with Gasteiger partial charge in [0.15, 0.2) is 0 Å². The van der Waals surface area contributed by atoms with Gasteiger partial charge in [-0.2, -0.15) is 0 Å². The number of aryl methyl sites for hydroxylation is 2. The van der Waals surface area contributed by atoms with Crippen LogP contribution in [0.25, 0.3) is 10.9 Å². The highest BCUT2D eigenvalue weighted by molar-refractivity contribution is 5.98. The van der Waals surface area contributed by atoms with Crippen LogP contribution in [-0.2, 0) is 32.1 Å². The van der Waals surface area contributed by atoms with E-state index in [4.69, 9.17) is 22.0 Å². The second-order valence-electron chi connectivity index (χ2n) is 10.7. The molecule has 0 bridgehead atoms. The third-order valence-corrected chi connectivity index (χ3v) is 7.96. The van der Waals surface area contributed by atoms with Crippen molar-refractivity contribution in [3.63, 3.8) is 0 Å². The Kier molecular flexibility index (Phi) is 9.08. The molecule has 4 rings (SSSR count). The second-order valence-corrected chi connectivity index (χ2v) is 10.7. The fraction of sp³-hybridized carbons (Fsp3) is 0.536. The zero-order valence-electron chi connectivity index (χ0n) is 22.9. The number of amidine groups is 1. The molecule has 0 saturated carbocycles. The summed E-state index contributed by atoms with van der Waals surface area (Å²) >= 11 is 0. The van der Waals surface area contributed by atoms with Gasteiger partial charge in [0.05, 0.1) is 13.0 Å². The maximum absolute atomic E-state index is 13.3. The molecule has 3 amide bonds. The first-order chi connectivity index (χ1) is 19.1. The molecule has 0 unspecified atom stereocenters. The monoisotopic (exact) mass is 553 g/mol. The number of carbonyl (C=O) groups is 4. The molecule has 0 radical (unpaired) electrons. The molecule has 216 valence electrons. The first-order valence-corrected chi connectivity index (χ1v) is 13.9. The second kappa shape index (κ2) is 12.5. The lowest BCUT2D eigenvalue weighted by Crippen LogP contribution is -2.55. The van der Waals surface area contributed by atoms with Crippen molar-refractivity contribution in [2.75, 3.05) is 19.6 Å². The fourth-order valence-corrected chi connectivity index (χ4v) is 5.86. The summed E-state index contributed by atoms with van der Waals surface area (Å²) in [6, 6.07) is 5.91. The number of amides is 3. The molecule has 2 aromatic rings. The molecule has 3 heterocycles. The minimum Gasteiger partial charge on any atom is -0.480 e. The predicted octanol–water partition coefficient (Wildman–Crippen LogP) is 0.778. The third kappa shape index (κ3) is 6.44. The topological polar surface area (TPSA) is 188 Å². The molecule has 3 atom stereocenters. The lowest BCUT2D eigenvalue weighted by atomic mass is 10.0. The number of rotatable bonds is 11. The molecule has 2 aliphatic heterocycles. The number of fused-ring (bicyclic) bond motifs is 1. The van der Waals surface area contributed by atoms with Crippen LogP contribution in [0.1, 0.15) is 56.7 Å². The molecule has 40 heavy (non-hydrogen) atoms. The van der Waals surface area contributed by atoms with Crippen LogP contribution in [0, 0.1) is 5.41 Å². The largest absolute Gasteiger partial charge is 0.480 e. The highest BCUT2D eigenvalue weighted by Gasteiger charge is 2.35. The summed E-state index contributed by atoms with van der Waals surface area (Å²) in [5.41, 5.74) is 14.0. The zero-order chi connectivity index (χ0) is 29.0. The van der Waals surface area contributed by atoms with Crippen molar-refractivity contribution in [2.24, 2.45) is 11.5 Å². The molecule has 0 aliphatic carbocycles. The number of likely N-dealkylation sites (tertiary alicyclic amines) is 2. The number of nitrogens with one attached hydrogen (secondary N) is 2. The van der Waals surface area contributed by atoms with Gasteiger partial charge in [0, 0.05) is 42.5 Å². The van der Waals surface area contributed by atoms with Crippen LogP contribution >= 0.6 is 0 Å². The number of nitrogen functional groups attached to an aromatic ring is 1. The van der Waals surface area contributed by atoms with Gasteiger partial charge in [0.2, 0.25) is 17.7 Å². The van der Waals surface area contributed by atoms with Crippen LogP contribution in [0.3, 0.4) is 0 Å². The Hall–Kier alpha value is -3.93. The van der Waals surface area contributed by atoms with E-state index < -0.39 is 30.4 Å². The van der Waals surface area contributed by atoms with Crippen LogP contribution in [0.4, 0.5) is 0 Å². The summed E-state index contributed by atoms with van der Waals surface area (Å²) in [6.07, 6.45) is 4.06. The van der Waals surface area contributed by atoms with Crippen LogP contribution in [-0.4, -0.2) is 86.8 Å². The first-order valence-electron chi connectivity index (χ1n) is 13.9. The molecular weight excluding hydrogens is 514 g/mol. The Morgan fingerprint density at radius 2 is 1.93 bits per heavy atom. The Bertz CT molecular complexity index is 1310. The first kappa shape index (κ1) is 29.1. The van der Waals surface area contributed by atoms with Crippen molar-refractivity contribution in [3.05, 3.63) is 35.5 Å². The Balaban J connectivity index is 1.36. The van der Waals surface area contributed by atoms with Crippen molar-refractivity contribution in [3.8, 4) is 0 Å². The molecule has 12 heteroatoms. The number of hydrogen-bond donors (Lipinski definition) is 5. The number of benzene rings is 1. The molecule has 2 fully saturated rings. The van der Waals surface area contributed by atoms with Crippen molar-refractivity contribution in [1.82, 2.24) is 19.7 Å².